The van der Waals surface area contributed by atoms with Crippen LogP contribution < -0.4 is 5.11 Å². The van der Waals surface area contributed by atoms with Gasteiger partial charge in [-0.2, -0.15) is 0 Å². The maximum absolute atomic E-state index is 9.79. The zero-order valence-electron chi connectivity index (χ0n) is 3.70. The van der Waals surface area contributed by atoms with Crippen molar-refractivity contribution in [3.8, 4) is 0 Å². The molecule has 0 bridgehead atoms. The van der Waals surface area contributed by atoms with Gasteiger partial charge in [-0.1, -0.05) is 5.16 Å². The number of nitrogens with zero attached hydrogens (tertiary/aromatic N) is 2. The lowest BCUT2D eigenvalue weighted by atomic mass is 10.5. The van der Waals surface area contributed by atoms with Gasteiger partial charge in [0, 0.05) is 0 Å². The number of rotatable bonds is 1. The summed E-state index contributed by atoms with van der Waals surface area (Å²) in [6.45, 7) is 0. The van der Waals surface area contributed by atoms with Crippen LogP contribution in [0.25, 0.3) is 0 Å². The lowest BCUT2D eigenvalue weighted by Gasteiger charge is -1.87. The first-order valence-electron chi connectivity index (χ1n) is 1.79. The van der Waals surface area contributed by atoms with Crippen molar-refractivity contribution in [1.29, 1.82) is 0 Å². The summed E-state index contributed by atoms with van der Waals surface area (Å²) in [5, 5.41) is 15.8. The molecule has 42 valence electrons. The molecule has 0 unspecified atom stereocenters. The zero-order chi connectivity index (χ0) is 5.98. The zero-order valence-corrected chi connectivity index (χ0v) is 3.70. The molecule has 0 aliphatic heterocycles. The van der Waals surface area contributed by atoms with E-state index in [1.54, 1.807) is 0 Å². The number of carbonyl (C=O) groups is 1. The van der Waals surface area contributed by atoms with E-state index in [9.17, 15) is 9.90 Å². The van der Waals surface area contributed by atoms with Gasteiger partial charge in [-0.05, 0) is 5.16 Å². The second-order valence-corrected chi connectivity index (χ2v) is 1.08. The van der Waals surface area contributed by atoms with Crippen molar-refractivity contribution in [1.82, 2.24) is 10.3 Å². The molecule has 0 N–H and O–H groups in total. The lowest BCUT2D eigenvalue weighted by molar-refractivity contribution is -0.255. The fraction of sp³-hybridized carbons (Fsp3) is 0. The van der Waals surface area contributed by atoms with Gasteiger partial charge in [-0.3, -0.25) is 0 Å². The average molecular weight is 113 g/mol. The van der Waals surface area contributed by atoms with Crippen LogP contribution in [0.1, 0.15) is 10.5 Å². The summed E-state index contributed by atoms with van der Waals surface area (Å²) in [5.41, 5.74) is -0.287. The number of carbonyl (C=O) groups excluding carboxylic acids is 1. The Morgan fingerprint density at radius 1 is 1.88 bits per heavy atom. The Morgan fingerprint density at radius 3 is 2.88 bits per heavy atom. The van der Waals surface area contributed by atoms with Gasteiger partial charge in [0.25, 0.3) is 0 Å². The Hall–Kier alpha value is -1.39. The number of hydrogen-bond acceptors (Lipinski definition) is 5. The third-order valence-electron chi connectivity index (χ3n) is 0.570. The summed E-state index contributed by atoms with van der Waals surface area (Å²) in [7, 11) is 0. The predicted molar refractivity (Wildman–Crippen MR) is 18.6 cm³/mol. The molecule has 0 aromatic carbocycles. The minimum absolute atomic E-state index is 0.287. The molecule has 0 atom stereocenters. The standard InChI is InChI=1S/C3H2N2O3/c6-3(7)2-1-4-8-5-2/h1H,(H,6,7)/p-1. The van der Waals surface area contributed by atoms with Crippen LogP contribution in [0.15, 0.2) is 10.8 Å². The van der Waals surface area contributed by atoms with Crippen molar-refractivity contribution in [2.24, 2.45) is 0 Å². The summed E-state index contributed by atoms with van der Waals surface area (Å²) in [4.78, 5) is 9.79. The monoisotopic (exact) mass is 113 g/mol. The van der Waals surface area contributed by atoms with Gasteiger partial charge in [0.15, 0.2) is 0 Å². The van der Waals surface area contributed by atoms with E-state index in [1.165, 1.54) is 0 Å². The number of carboxylic acids is 1. The van der Waals surface area contributed by atoms with E-state index >= 15 is 0 Å². The van der Waals surface area contributed by atoms with Crippen molar-refractivity contribution in [2.75, 3.05) is 0 Å². The largest absolute Gasteiger partial charge is 0.543 e. The highest BCUT2D eigenvalue weighted by Crippen LogP contribution is 1.84. The van der Waals surface area contributed by atoms with E-state index in [0.29, 0.717) is 0 Å². The molecule has 1 aromatic heterocycles. The predicted octanol–water partition coefficient (Wildman–Crippen LogP) is -1.57. The van der Waals surface area contributed by atoms with Gasteiger partial charge >= 0.3 is 0 Å². The maximum Gasteiger partial charge on any atom is 0.150 e. The van der Waals surface area contributed by atoms with Crippen molar-refractivity contribution >= 4 is 5.97 Å². The molecule has 0 aliphatic rings. The van der Waals surface area contributed by atoms with Crippen LogP contribution in [0.5, 0.6) is 0 Å². The summed E-state index contributed by atoms with van der Waals surface area (Å²) in [6.07, 6.45) is 0.968. The molecule has 0 saturated carbocycles. The van der Waals surface area contributed by atoms with Crippen molar-refractivity contribution < 1.29 is 14.5 Å². The number of aromatic carboxylic acids is 1. The molecular formula is C3HN2O3-. The highest BCUT2D eigenvalue weighted by atomic mass is 16.6. The highest BCUT2D eigenvalue weighted by molar-refractivity contribution is 5.82. The average Bonchev–Trinajstić information content (AvgIpc) is 2.12. The molecule has 1 aromatic rings. The van der Waals surface area contributed by atoms with E-state index in [1.807, 2.05) is 0 Å². The third-order valence-corrected chi connectivity index (χ3v) is 0.570. The first-order valence-corrected chi connectivity index (χ1v) is 1.79. The van der Waals surface area contributed by atoms with Crippen LogP contribution in [0.2, 0.25) is 0 Å². The summed E-state index contributed by atoms with van der Waals surface area (Å²) in [5.74, 6) is -1.38. The molecule has 0 saturated heterocycles. The van der Waals surface area contributed by atoms with E-state index in [0.717, 1.165) is 6.20 Å². The van der Waals surface area contributed by atoms with Gasteiger partial charge in [-0.25, -0.2) is 4.63 Å². The fourth-order valence-electron chi connectivity index (χ4n) is 0.255. The molecule has 5 heteroatoms. The number of carboxylic acid groups (broad SMARTS) is 1. The molecule has 1 heterocycles. The van der Waals surface area contributed by atoms with Crippen molar-refractivity contribution in [2.45, 2.75) is 0 Å². The summed E-state index contributed by atoms with van der Waals surface area (Å²) < 4.78 is 3.95. The SMILES string of the molecule is O=C([O-])c1cnon1. The molecule has 0 fully saturated rings. The fourth-order valence-corrected chi connectivity index (χ4v) is 0.255. The van der Waals surface area contributed by atoms with E-state index < -0.39 is 5.97 Å². The minimum atomic E-state index is -1.38. The molecule has 1 rings (SSSR count). The van der Waals surface area contributed by atoms with Crippen LogP contribution in [-0.4, -0.2) is 16.3 Å². The smallest absolute Gasteiger partial charge is 0.150 e. The van der Waals surface area contributed by atoms with Gasteiger partial charge in [-0.15, -0.1) is 0 Å². The molecule has 0 spiro atoms. The van der Waals surface area contributed by atoms with Crippen LogP contribution in [0.3, 0.4) is 0 Å². The normalized spacial score (nSPS) is 9.00. The molecular weight excluding hydrogens is 112 g/mol. The third kappa shape index (κ3) is 0.651. The first-order chi connectivity index (χ1) is 3.80. The molecule has 0 aliphatic carbocycles. The summed E-state index contributed by atoms with van der Waals surface area (Å²) >= 11 is 0. The van der Waals surface area contributed by atoms with E-state index in [-0.39, 0.29) is 5.69 Å². The van der Waals surface area contributed by atoms with Crippen LogP contribution >= 0.6 is 0 Å². The van der Waals surface area contributed by atoms with Crippen molar-refractivity contribution in [3.05, 3.63) is 11.9 Å². The lowest BCUT2D eigenvalue weighted by Crippen LogP contribution is -2.22. The van der Waals surface area contributed by atoms with E-state index in [2.05, 4.69) is 14.9 Å². The number of aromatic nitrogens is 2. The van der Waals surface area contributed by atoms with E-state index in [4.69, 9.17) is 0 Å². The Kier molecular flexibility index (Phi) is 0.957. The molecule has 5 nitrogen and oxygen atoms in total. The topological polar surface area (TPSA) is 79.0 Å². The molecule has 0 radical (unpaired) electrons. The van der Waals surface area contributed by atoms with Gasteiger partial charge in [0.1, 0.15) is 11.9 Å². The van der Waals surface area contributed by atoms with Crippen LogP contribution in [-0.2, 0) is 0 Å². The van der Waals surface area contributed by atoms with Gasteiger partial charge in [0.05, 0.1) is 5.97 Å². The first kappa shape index (κ1) is 4.76. The Bertz CT molecular complexity index is 180. The second-order valence-electron chi connectivity index (χ2n) is 1.08. The Labute approximate surface area is 43.9 Å². The highest BCUT2D eigenvalue weighted by Gasteiger charge is 1.94. The molecule has 8 heavy (non-hydrogen) atoms. The minimum Gasteiger partial charge on any atom is -0.543 e. The Balaban J connectivity index is 2.93. The maximum atomic E-state index is 9.79. The number of hydrogen-bond donors (Lipinski definition) is 0. The molecule has 0 amide bonds. The second kappa shape index (κ2) is 1.61. The van der Waals surface area contributed by atoms with Gasteiger partial charge in [0.2, 0.25) is 0 Å². The van der Waals surface area contributed by atoms with Crippen molar-refractivity contribution in [3.63, 3.8) is 0 Å². The quantitative estimate of drug-likeness (QED) is 0.439. The van der Waals surface area contributed by atoms with Gasteiger partial charge < -0.3 is 9.90 Å². The van der Waals surface area contributed by atoms with Crippen LogP contribution in [0, 0.1) is 0 Å². The van der Waals surface area contributed by atoms with Crippen LogP contribution in [0.4, 0.5) is 0 Å². The summed E-state index contributed by atoms with van der Waals surface area (Å²) in [6, 6.07) is 0. The Morgan fingerprint density at radius 2 is 2.62 bits per heavy atom.